The van der Waals surface area contributed by atoms with Crippen molar-refractivity contribution in [3.63, 3.8) is 0 Å². The van der Waals surface area contributed by atoms with E-state index in [0.717, 1.165) is 22.6 Å². The average molecular weight is 285 g/mol. The maximum absolute atomic E-state index is 10.3. The minimum atomic E-state index is -0.617. The summed E-state index contributed by atoms with van der Waals surface area (Å²) in [5.74, 6) is 0.769. The van der Waals surface area contributed by atoms with Crippen LogP contribution in [0.4, 0.5) is 5.69 Å². The highest BCUT2D eigenvalue weighted by Gasteiger charge is 2.11. The molecule has 0 fully saturated rings. The van der Waals surface area contributed by atoms with Gasteiger partial charge in [0.15, 0.2) is 0 Å². The molecule has 2 aromatic carbocycles. The summed E-state index contributed by atoms with van der Waals surface area (Å²) in [5, 5.41) is 10.3. The molecule has 0 aliphatic heterocycles. The molecular formula is C18H23NO2. The number of aliphatic hydroxyl groups excluding tert-OH is 1. The van der Waals surface area contributed by atoms with Crippen molar-refractivity contribution in [3.8, 4) is 5.75 Å². The van der Waals surface area contributed by atoms with E-state index in [1.54, 1.807) is 0 Å². The summed E-state index contributed by atoms with van der Waals surface area (Å²) >= 11 is 0. The first kappa shape index (κ1) is 15.4. The van der Waals surface area contributed by atoms with Gasteiger partial charge in [0.05, 0.1) is 0 Å². The predicted octanol–water partition coefficient (Wildman–Crippen LogP) is 3.48. The molecule has 2 rings (SSSR count). The van der Waals surface area contributed by atoms with Gasteiger partial charge in [-0.3, -0.25) is 0 Å². The van der Waals surface area contributed by atoms with Gasteiger partial charge in [-0.15, -0.1) is 0 Å². The van der Waals surface area contributed by atoms with Crippen LogP contribution in [0.15, 0.2) is 42.5 Å². The van der Waals surface area contributed by atoms with Gasteiger partial charge in [-0.1, -0.05) is 29.8 Å². The standard InChI is InChI=1S/C18H23NO2/c1-13-8-9-17(14(2)10-13)18(20)12-21-16-7-5-6-15(11-16)19(3)4/h5-11,18,20H,12H2,1-4H3. The molecule has 0 heterocycles. The summed E-state index contributed by atoms with van der Waals surface area (Å²) in [5.41, 5.74) is 4.29. The van der Waals surface area contributed by atoms with E-state index in [1.165, 1.54) is 5.56 Å². The summed E-state index contributed by atoms with van der Waals surface area (Å²) in [7, 11) is 3.98. The van der Waals surface area contributed by atoms with Gasteiger partial charge in [0.1, 0.15) is 18.5 Å². The highest BCUT2D eigenvalue weighted by atomic mass is 16.5. The molecule has 1 unspecified atom stereocenters. The maximum atomic E-state index is 10.3. The Bertz CT molecular complexity index is 608. The molecule has 0 spiro atoms. The molecule has 0 amide bonds. The van der Waals surface area contributed by atoms with Crippen LogP contribution in [0, 0.1) is 13.8 Å². The van der Waals surface area contributed by atoms with Crippen molar-refractivity contribution in [3.05, 3.63) is 59.2 Å². The van der Waals surface area contributed by atoms with Gasteiger partial charge in [0.25, 0.3) is 0 Å². The molecule has 3 nitrogen and oxygen atoms in total. The minimum Gasteiger partial charge on any atom is -0.490 e. The van der Waals surface area contributed by atoms with E-state index < -0.39 is 6.10 Å². The van der Waals surface area contributed by atoms with Crippen molar-refractivity contribution < 1.29 is 9.84 Å². The Labute approximate surface area is 126 Å². The number of aliphatic hydroxyl groups is 1. The lowest BCUT2D eigenvalue weighted by Gasteiger charge is -2.17. The first-order valence-corrected chi connectivity index (χ1v) is 7.13. The Balaban J connectivity index is 2.03. The van der Waals surface area contributed by atoms with Crippen LogP contribution in [0.2, 0.25) is 0 Å². The third-order valence-corrected chi connectivity index (χ3v) is 3.53. The van der Waals surface area contributed by atoms with Gasteiger partial charge in [-0.25, -0.2) is 0 Å². The van der Waals surface area contributed by atoms with Gasteiger partial charge in [-0.05, 0) is 37.1 Å². The Kier molecular flexibility index (Phi) is 4.86. The predicted molar refractivity (Wildman–Crippen MR) is 87.1 cm³/mol. The molecule has 0 aliphatic rings. The smallest absolute Gasteiger partial charge is 0.121 e. The second-order valence-electron chi connectivity index (χ2n) is 5.58. The SMILES string of the molecule is Cc1ccc(C(O)COc2cccc(N(C)C)c2)c(C)c1. The van der Waals surface area contributed by atoms with Gasteiger partial charge >= 0.3 is 0 Å². The van der Waals surface area contributed by atoms with Crippen LogP contribution in [0.25, 0.3) is 0 Å². The summed E-state index contributed by atoms with van der Waals surface area (Å²) in [6, 6.07) is 13.9. The van der Waals surface area contributed by atoms with Gasteiger partial charge in [-0.2, -0.15) is 0 Å². The quantitative estimate of drug-likeness (QED) is 0.913. The number of nitrogens with zero attached hydrogens (tertiary/aromatic N) is 1. The second kappa shape index (κ2) is 6.64. The Morgan fingerprint density at radius 2 is 1.86 bits per heavy atom. The van der Waals surface area contributed by atoms with Crippen LogP contribution in [0.3, 0.4) is 0 Å². The molecule has 2 aromatic rings. The number of ether oxygens (including phenoxy) is 1. The van der Waals surface area contributed by atoms with Crippen molar-refractivity contribution in [2.24, 2.45) is 0 Å². The number of benzene rings is 2. The first-order chi connectivity index (χ1) is 9.97. The highest BCUT2D eigenvalue weighted by Crippen LogP contribution is 2.23. The number of hydrogen-bond acceptors (Lipinski definition) is 3. The Hall–Kier alpha value is -2.00. The summed E-state index contributed by atoms with van der Waals surface area (Å²) in [6.07, 6.45) is -0.617. The number of aryl methyl sites for hydroxylation is 2. The third kappa shape index (κ3) is 3.99. The molecule has 0 aliphatic carbocycles. The normalized spacial score (nSPS) is 12.0. The van der Waals surface area contributed by atoms with Crippen molar-refractivity contribution in [2.45, 2.75) is 20.0 Å². The van der Waals surface area contributed by atoms with Crippen LogP contribution >= 0.6 is 0 Å². The van der Waals surface area contributed by atoms with Crippen molar-refractivity contribution in [1.82, 2.24) is 0 Å². The van der Waals surface area contributed by atoms with Crippen molar-refractivity contribution in [2.75, 3.05) is 25.6 Å². The van der Waals surface area contributed by atoms with Gasteiger partial charge < -0.3 is 14.7 Å². The lowest BCUT2D eigenvalue weighted by Crippen LogP contribution is -2.12. The molecule has 112 valence electrons. The fourth-order valence-corrected chi connectivity index (χ4v) is 2.32. The third-order valence-electron chi connectivity index (χ3n) is 3.53. The van der Waals surface area contributed by atoms with Crippen LogP contribution in [-0.2, 0) is 0 Å². The zero-order valence-electron chi connectivity index (χ0n) is 13.1. The van der Waals surface area contributed by atoms with Crippen LogP contribution in [0.5, 0.6) is 5.75 Å². The van der Waals surface area contributed by atoms with E-state index in [1.807, 2.05) is 69.2 Å². The molecule has 21 heavy (non-hydrogen) atoms. The maximum Gasteiger partial charge on any atom is 0.121 e. The van der Waals surface area contributed by atoms with E-state index in [9.17, 15) is 5.11 Å². The van der Waals surface area contributed by atoms with E-state index in [-0.39, 0.29) is 6.61 Å². The Morgan fingerprint density at radius 3 is 2.52 bits per heavy atom. The molecule has 0 aromatic heterocycles. The number of hydrogen-bond donors (Lipinski definition) is 1. The summed E-state index contributed by atoms with van der Waals surface area (Å²) in [4.78, 5) is 2.02. The minimum absolute atomic E-state index is 0.251. The Morgan fingerprint density at radius 1 is 1.10 bits per heavy atom. The monoisotopic (exact) mass is 285 g/mol. The lowest BCUT2D eigenvalue weighted by atomic mass is 10.0. The first-order valence-electron chi connectivity index (χ1n) is 7.13. The highest BCUT2D eigenvalue weighted by molar-refractivity contribution is 5.49. The molecule has 3 heteroatoms. The lowest BCUT2D eigenvalue weighted by molar-refractivity contribution is 0.107. The fourth-order valence-electron chi connectivity index (χ4n) is 2.32. The van der Waals surface area contributed by atoms with Crippen LogP contribution in [-0.4, -0.2) is 25.8 Å². The summed E-state index contributed by atoms with van der Waals surface area (Å²) < 4.78 is 5.72. The van der Waals surface area contributed by atoms with Gasteiger partial charge in [0, 0.05) is 25.8 Å². The fraction of sp³-hybridized carbons (Fsp3) is 0.333. The van der Waals surface area contributed by atoms with E-state index in [4.69, 9.17) is 4.74 Å². The summed E-state index contributed by atoms with van der Waals surface area (Å²) in [6.45, 7) is 4.31. The molecule has 0 bridgehead atoms. The average Bonchev–Trinajstić information content (AvgIpc) is 2.45. The molecule has 1 N–H and O–H groups in total. The van der Waals surface area contributed by atoms with E-state index in [0.29, 0.717) is 0 Å². The number of anilines is 1. The second-order valence-corrected chi connectivity index (χ2v) is 5.58. The molecule has 0 radical (unpaired) electrons. The van der Waals surface area contributed by atoms with E-state index in [2.05, 4.69) is 6.07 Å². The molecule has 1 atom stereocenters. The topological polar surface area (TPSA) is 32.7 Å². The zero-order valence-corrected chi connectivity index (χ0v) is 13.1. The zero-order chi connectivity index (χ0) is 15.4. The van der Waals surface area contributed by atoms with Crippen LogP contribution in [0.1, 0.15) is 22.8 Å². The van der Waals surface area contributed by atoms with E-state index >= 15 is 0 Å². The van der Waals surface area contributed by atoms with Crippen molar-refractivity contribution >= 4 is 5.69 Å². The molecule has 0 saturated carbocycles. The van der Waals surface area contributed by atoms with Crippen molar-refractivity contribution in [1.29, 1.82) is 0 Å². The number of rotatable bonds is 5. The van der Waals surface area contributed by atoms with Gasteiger partial charge in [0.2, 0.25) is 0 Å². The molecule has 0 saturated heterocycles. The van der Waals surface area contributed by atoms with Crippen LogP contribution < -0.4 is 9.64 Å². The largest absolute Gasteiger partial charge is 0.490 e. The molecular weight excluding hydrogens is 262 g/mol.